The van der Waals surface area contributed by atoms with Crippen LogP contribution in [0.25, 0.3) is 17.4 Å². The van der Waals surface area contributed by atoms with Crippen LogP contribution in [-0.2, 0) is 9.59 Å². The van der Waals surface area contributed by atoms with E-state index in [0.29, 0.717) is 33.7 Å². The molecule has 0 aliphatic carbocycles. The van der Waals surface area contributed by atoms with E-state index in [1.165, 1.54) is 16.7 Å². The van der Waals surface area contributed by atoms with Crippen molar-refractivity contribution >= 4 is 46.3 Å². The highest BCUT2D eigenvalue weighted by Gasteiger charge is 2.31. The zero-order valence-corrected chi connectivity index (χ0v) is 16.1. The topological polar surface area (TPSA) is 80.0 Å². The van der Waals surface area contributed by atoms with Gasteiger partial charge in [0.1, 0.15) is 21.6 Å². The summed E-state index contributed by atoms with van der Waals surface area (Å²) in [5.74, 6) is 0.875. The van der Waals surface area contributed by atoms with E-state index >= 15 is 0 Å². The van der Waals surface area contributed by atoms with Crippen molar-refractivity contribution in [3.8, 4) is 17.1 Å². The van der Waals surface area contributed by atoms with E-state index in [2.05, 4.69) is 0 Å². The fraction of sp³-hybridized carbons (Fsp3) is 0.211. The van der Waals surface area contributed by atoms with Crippen LogP contribution in [0.2, 0.25) is 0 Å². The maximum atomic E-state index is 12.5. The Bertz CT molecular complexity index is 901. The number of benzene rings is 1. The van der Waals surface area contributed by atoms with Gasteiger partial charge in [0.2, 0.25) is 0 Å². The van der Waals surface area contributed by atoms with Gasteiger partial charge in [-0.2, -0.15) is 0 Å². The number of rotatable bonds is 7. The lowest BCUT2D eigenvalue weighted by molar-refractivity contribution is -0.137. The Labute approximate surface area is 165 Å². The molecule has 1 aliphatic heterocycles. The molecule has 1 aromatic carbocycles. The van der Waals surface area contributed by atoms with Gasteiger partial charge in [-0.1, -0.05) is 24.0 Å². The quantitative estimate of drug-likeness (QED) is 0.552. The van der Waals surface area contributed by atoms with Gasteiger partial charge in [0.15, 0.2) is 0 Å². The molecule has 0 unspecified atom stereocenters. The lowest BCUT2D eigenvalue weighted by Gasteiger charge is -2.13. The molecular weight excluding hydrogens is 386 g/mol. The number of amides is 1. The van der Waals surface area contributed by atoms with Crippen LogP contribution < -0.4 is 4.74 Å². The minimum absolute atomic E-state index is 0.000483. The van der Waals surface area contributed by atoms with Crippen LogP contribution in [0.15, 0.2) is 45.7 Å². The number of furan rings is 1. The Morgan fingerprint density at radius 1 is 1.30 bits per heavy atom. The van der Waals surface area contributed by atoms with Gasteiger partial charge in [0.25, 0.3) is 5.91 Å². The second-order valence-electron chi connectivity index (χ2n) is 5.76. The molecule has 6 nitrogen and oxygen atoms in total. The number of thioether (sulfide) groups is 1. The molecule has 27 heavy (non-hydrogen) atoms. The minimum atomic E-state index is -0.891. The number of thiocarbonyl (C=S) groups is 1. The van der Waals surface area contributed by atoms with Gasteiger partial charge in [-0.3, -0.25) is 14.5 Å². The molecule has 3 rings (SSSR count). The van der Waals surface area contributed by atoms with Gasteiger partial charge in [-0.15, -0.1) is 0 Å². The smallest absolute Gasteiger partial charge is 0.303 e. The number of carbonyl (C=O) groups excluding carboxylic acids is 1. The zero-order chi connectivity index (χ0) is 19.4. The van der Waals surface area contributed by atoms with Crippen LogP contribution in [0.1, 0.15) is 18.6 Å². The molecule has 0 spiro atoms. The van der Waals surface area contributed by atoms with Gasteiger partial charge in [0, 0.05) is 24.6 Å². The molecule has 1 N–H and O–H groups in total. The average Bonchev–Trinajstić information content (AvgIpc) is 3.22. The molecular formula is C19H17NO5S2. The Kier molecular flexibility index (Phi) is 5.98. The molecule has 1 aliphatic rings. The van der Waals surface area contributed by atoms with Crippen LogP contribution in [0.4, 0.5) is 0 Å². The van der Waals surface area contributed by atoms with Crippen molar-refractivity contribution in [2.45, 2.75) is 12.8 Å². The summed E-state index contributed by atoms with van der Waals surface area (Å²) in [5, 5.41) is 8.72. The number of hydrogen-bond acceptors (Lipinski definition) is 6. The summed E-state index contributed by atoms with van der Waals surface area (Å²) in [6.45, 7) is 0.295. The number of carboxylic acids is 1. The number of methoxy groups -OCH3 is 1. The summed E-state index contributed by atoms with van der Waals surface area (Å²) in [7, 11) is 1.61. The van der Waals surface area contributed by atoms with E-state index in [4.69, 9.17) is 26.5 Å². The summed E-state index contributed by atoms with van der Waals surface area (Å²) in [6.07, 6.45) is 2.01. The first-order chi connectivity index (χ1) is 13.0. The third-order valence-corrected chi connectivity index (χ3v) is 5.30. The first kappa shape index (κ1) is 19.2. The van der Waals surface area contributed by atoms with E-state index in [9.17, 15) is 9.59 Å². The second-order valence-corrected chi connectivity index (χ2v) is 7.44. The van der Waals surface area contributed by atoms with Gasteiger partial charge >= 0.3 is 5.97 Å². The third-order valence-electron chi connectivity index (χ3n) is 3.92. The lowest BCUT2D eigenvalue weighted by atomic mass is 10.2. The van der Waals surface area contributed by atoms with Crippen LogP contribution in [-0.4, -0.2) is 39.9 Å². The number of hydrogen-bond donors (Lipinski definition) is 1. The average molecular weight is 403 g/mol. The van der Waals surface area contributed by atoms with Gasteiger partial charge in [-0.05, 0) is 42.8 Å². The standard InChI is InChI=1S/C19H17NO5S2/c1-24-13-6-4-12(5-7-13)15-9-8-14(25-15)11-16-18(23)20(19(26)27-16)10-2-3-17(21)22/h4-9,11H,2-3,10H2,1H3,(H,21,22)/b16-11-. The molecule has 1 fully saturated rings. The van der Waals surface area contributed by atoms with Crippen LogP contribution in [0, 0.1) is 0 Å². The number of aliphatic carboxylic acids is 1. The molecule has 1 aromatic heterocycles. The monoisotopic (exact) mass is 403 g/mol. The summed E-state index contributed by atoms with van der Waals surface area (Å²) in [5.41, 5.74) is 0.900. The van der Waals surface area contributed by atoms with Crippen molar-refractivity contribution in [2.75, 3.05) is 13.7 Å². The summed E-state index contributed by atoms with van der Waals surface area (Å²) in [6, 6.07) is 11.1. The molecule has 2 aromatic rings. The maximum absolute atomic E-state index is 12.5. The van der Waals surface area contributed by atoms with E-state index in [-0.39, 0.29) is 12.3 Å². The molecule has 140 valence electrons. The fourth-order valence-electron chi connectivity index (χ4n) is 2.55. The summed E-state index contributed by atoms with van der Waals surface area (Å²) < 4.78 is 11.4. The third kappa shape index (κ3) is 4.58. The molecule has 0 bridgehead atoms. The van der Waals surface area contributed by atoms with Crippen molar-refractivity contribution in [1.82, 2.24) is 4.90 Å². The van der Waals surface area contributed by atoms with Crippen molar-refractivity contribution < 1.29 is 23.8 Å². The fourth-order valence-corrected chi connectivity index (χ4v) is 3.84. The second kappa shape index (κ2) is 8.41. The minimum Gasteiger partial charge on any atom is -0.497 e. The van der Waals surface area contributed by atoms with Crippen molar-refractivity contribution in [1.29, 1.82) is 0 Å². The Morgan fingerprint density at radius 3 is 2.70 bits per heavy atom. The van der Waals surface area contributed by atoms with Crippen LogP contribution >= 0.6 is 24.0 Å². The normalized spacial score (nSPS) is 15.6. The largest absolute Gasteiger partial charge is 0.497 e. The SMILES string of the molecule is COc1ccc(-c2ccc(/C=C3\SC(=S)N(CCCC(=O)O)C3=O)o2)cc1. The maximum Gasteiger partial charge on any atom is 0.303 e. The van der Waals surface area contributed by atoms with Crippen LogP contribution in [0.5, 0.6) is 5.75 Å². The molecule has 0 radical (unpaired) electrons. The molecule has 2 heterocycles. The Balaban J connectivity index is 1.71. The predicted octanol–water partition coefficient (Wildman–Crippen LogP) is 4.02. The molecule has 8 heteroatoms. The highest BCUT2D eigenvalue weighted by atomic mass is 32.2. The van der Waals surface area contributed by atoms with Crippen LogP contribution in [0.3, 0.4) is 0 Å². The summed E-state index contributed by atoms with van der Waals surface area (Å²) in [4.78, 5) is 25.0. The molecule has 1 amide bonds. The Morgan fingerprint density at radius 2 is 2.04 bits per heavy atom. The lowest BCUT2D eigenvalue weighted by Crippen LogP contribution is -2.29. The number of nitrogens with zero attached hydrogens (tertiary/aromatic N) is 1. The van der Waals surface area contributed by atoms with E-state index in [1.54, 1.807) is 19.3 Å². The van der Waals surface area contributed by atoms with Gasteiger partial charge in [0.05, 0.1) is 12.0 Å². The van der Waals surface area contributed by atoms with Crippen molar-refractivity contribution in [2.24, 2.45) is 0 Å². The molecule has 0 saturated carbocycles. The number of ether oxygens (including phenoxy) is 1. The van der Waals surface area contributed by atoms with Gasteiger partial charge < -0.3 is 14.3 Å². The number of carboxylic acid groups (broad SMARTS) is 1. The van der Waals surface area contributed by atoms with Gasteiger partial charge in [-0.25, -0.2) is 0 Å². The molecule has 1 saturated heterocycles. The number of carbonyl (C=O) groups is 2. The Hall–Kier alpha value is -2.58. The van der Waals surface area contributed by atoms with E-state index in [0.717, 1.165) is 11.3 Å². The first-order valence-corrected chi connectivity index (χ1v) is 9.42. The molecule has 0 atom stereocenters. The van der Waals surface area contributed by atoms with E-state index in [1.807, 2.05) is 30.3 Å². The van der Waals surface area contributed by atoms with E-state index < -0.39 is 5.97 Å². The van der Waals surface area contributed by atoms with Crippen molar-refractivity contribution in [3.63, 3.8) is 0 Å². The first-order valence-electron chi connectivity index (χ1n) is 8.19. The predicted molar refractivity (Wildman–Crippen MR) is 107 cm³/mol. The summed E-state index contributed by atoms with van der Waals surface area (Å²) >= 11 is 6.42. The zero-order valence-electron chi connectivity index (χ0n) is 14.5. The van der Waals surface area contributed by atoms with Crippen molar-refractivity contribution in [3.05, 3.63) is 47.1 Å². The highest BCUT2D eigenvalue weighted by molar-refractivity contribution is 8.26. The highest BCUT2D eigenvalue weighted by Crippen LogP contribution is 2.34.